The summed E-state index contributed by atoms with van der Waals surface area (Å²) in [5.41, 5.74) is 8.00. The monoisotopic (exact) mass is 397 g/mol. The van der Waals surface area contributed by atoms with Gasteiger partial charge in [0.1, 0.15) is 5.69 Å². The first kappa shape index (κ1) is 22.1. The number of nitrogens with one attached hydrogen (secondary N) is 1. The Balaban J connectivity index is 0.00000338. The van der Waals surface area contributed by atoms with Crippen LogP contribution in [0, 0.1) is 12.8 Å². The highest BCUT2D eigenvalue weighted by Crippen LogP contribution is 2.13. The van der Waals surface area contributed by atoms with E-state index < -0.39 is 5.92 Å². The zero-order chi connectivity index (χ0) is 18.2. The summed E-state index contributed by atoms with van der Waals surface area (Å²) in [6.07, 6.45) is 1.15. The second-order valence-corrected chi connectivity index (χ2v) is 6.73. The second-order valence-electron chi connectivity index (χ2n) is 5.79. The second kappa shape index (κ2) is 10.9. The maximum Gasteiger partial charge on any atom is 0.310 e. The van der Waals surface area contributed by atoms with Crippen molar-refractivity contribution in [1.29, 1.82) is 0 Å². The van der Waals surface area contributed by atoms with Crippen LogP contribution < -0.4 is 11.1 Å². The zero-order valence-corrected chi connectivity index (χ0v) is 16.5. The normalized spacial score (nSPS) is 11.3. The number of aryl methyl sites for hydroxylation is 1. The van der Waals surface area contributed by atoms with Gasteiger partial charge in [-0.3, -0.25) is 9.59 Å². The molecule has 142 valence electrons. The number of methoxy groups -OCH3 is 1. The van der Waals surface area contributed by atoms with Gasteiger partial charge in [-0.2, -0.15) is 0 Å². The van der Waals surface area contributed by atoms with E-state index in [4.69, 9.17) is 10.5 Å². The van der Waals surface area contributed by atoms with E-state index in [1.807, 2.05) is 31.2 Å². The highest BCUT2D eigenvalue weighted by atomic mass is 35.5. The molecule has 6 nitrogen and oxygen atoms in total. The van der Waals surface area contributed by atoms with Crippen molar-refractivity contribution in [2.75, 3.05) is 20.2 Å². The van der Waals surface area contributed by atoms with Gasteiger partial charge < -0.3 is 15.8 Å². The van der Waals surface area contributed by atoms with Crippen LogP contribution in [0.2, 0.25) is 0 Å². The van der Waals surface area contributed by atoms with Gasteiger partial charge in [-0.1, -0.05) is 29.8 Å². The lowest BCUT2D eigenvalue weighted by atomic mass is 9.98. The van der Waals surface area contributed by atoms with Crippen LogP contribution >= 0.6 is 23.7 Å². The first-order valence-electron chi connectivity index (χ1n) is 8.09. The lowest BCUT2D eigenvalue weighted by Gasteiger charge is -2.15. The lowest BCUT2D eigenvalue weighted by Crippen LogP contribution is -2.35. The van der Waals surface area contributed by atoms with E-state index in [2.05, 4.69) is 10.3 Å². The van der Waals surface area contributed by atoms with Gasteiger partial charge in [-0.05, 0) is 25.5 Å². The smallest absolute Gasteiger partial charge is 0.310 e. The summed E-state index contributed by atoms with van der Waals surface area (Å²) in [5, 5.41) is 5.31. The Hall–Kier alpha value is -1.96. The minimum atomic E-state index is -0.446. The number of carbonyl (C=O) groups excluding carboxylic acids is 2. The van der Waals surface area contributed by atoms with E-state index in [0.29, 0.717) is 25.1 Å². The van der Waals surface area contributed by atoms with Crippen molar-refractivity contribution in [2.24, 2.45) is 11.7 Å². The number of esters is 1. The quantitative estimate of drug-likeness (QED) is 0.665. The van der Waals surface area contributed by atoms with Crippen molar-refractivity contribution >= 4 is 35.6 Å². The molecule has 0 bridgehead atoms. The van der Waals surface area contributed by atoms with E-state index in [-0.39, 0.29) is 30.8 Å². The van der Waals surface area contributed by atoms with Crippen LogP contribution in [0.15, 0.2) is 29.6 Å². The maximum atomic E-state index is 12.2. The molecule has 0 radical (unpaired) electrons. The molecule has 1 heterocycles. The number of benzene rings is 1. The van der Waals surface area contributed by atoms with Crippen molar-refractivity contribution < 1.29 is 14.3 Å². The van der Waals surface area contributed by atoms with E-state index in [1.165, 1.54) is 18.4 Å². The van der Waals surface area contributed by atoms with Crippen LogP contribution in [0.3, 0.4) is 0 Å². The molecule has 2 rings (SSSR count). The molecule has 8 heteroatoms. The number of rotatable bonds is 8. The highest BCUT2D eigenvalue weighted by Gasteiger charge is 2.21. The Morgan fingerprint density at radius 1 is 1.38 bits per heavy atom. The molecule has 0 saturated heterocycles. The minimum absolute atomic E-state index is 0. The first-order chi connectivity index (χ1) is 12.0. The fourth-order valence-electron chi connectivity index (χ4n) is 2.49. The molecule has 0 aliphatic heterocycles. The molecule has 0 aliphatic carbocycles. The molecule has 1 aromatic carbocycles. The molecule has 1 aromatic heterocycles. The molecule has 0 aliphatic rings. The van der Waals surface area contributed by atoms with Gasteiger partial charge in [0.05, 0.1) is 18.0 Å². The van der Waals surface area contributed by atoms with E-state index in [0.717, 1.165) is 16.1 Å². The predicted octanol–water partition coefficient (Wildman–Crippen LogP) is 2.14. The standard InChI is InChI=1S/C18H23N3O3S.ClH/c1-12-4-3-5-13(8-12)9-14(18(23)24-2)10-20-17(22)15-11-25-16(21-15)6-7-19;/h3-5,8,11,14H,6-7,9-10,19H2,1-2H3,(H,20,22);1H. The van der Waals surface area contributed by atoms with Crippen molar-refractivity contribution in [3.05, 3.63) is 51.5 Å². The molecule has 1 unspecified atom stereocenters. The van der Waals surface area contributed by atoms with Crippen LogP contribution in [-0.4, -0.2) is 37.1 Å². The number of amides is 1. The summed E-state index contributed by atoms with van der Waals surface area (Å²) in [4.78, 5) is 28.5. The third kappa shape index (κ3) is 6.40. The molecule has 3 N–H and O–H groups in total. The van der Waals surface area contributed by atoms with Crippen LogP contribution in [0.1, 0.15) is 26.6 Å². The molecule has 0 saturated carbocycles. The summed E-state index contributed by atoms with van der Waals surface area (Å²) < 4.78 is 4.87. The van der Waals surface area contributed by atoms with E-state index >= 15 is 0 Å². The van der Waals surface area contributed by atoms with Gasteiger partial charge >= 0.3 is 5.97 Å². The highest BCUT2D eigenvalue weighted by molar-refractivity contribution is 7.09. The largest absolute Gasteiger partial charge is 0.469 e. The molecule has 1 amide bonds. The van der Waals surface area contributed by atoms with Crippen LogP contribution in [0.4, 0.5) is 0 Å². The number of hydrogen-bond acceptors (Lipinski definition) is 6. The molecule has 1 atom stereocenters. The topological polar surface area (TPSA) is 94.3 Å². The lowest BCUT2D eigenvalue weighted by molar-refractivity contribution is -0.145. The van der Waals surface area contributed by atoms with Crippen molar-refractivity contribution in [1.82, 2.24) is 10.3 Å². The predicted molar refractivity (Wildman–Crippen MR) is 105 cm³/mol. The van der Waals surface area contributed by atoms with E-state index in [1.54, 1.807) is 5.38 Å². The SMILES string of the molecule is COC(=O)C(CNC(=O)c1csc(CCN)n1)Cc1cccc(C)c1.Cl. The van der Waals surface area contributed by atoms with Gasteiger partial charge in [-0.25, -0.2) is 4.98 Å². The summed E-state index contributed by atoms with van der Waals surface area (Å²) >= 11 is 1.41. The minimum Gasteiger partial charge on any atom is -0.469 e. The number of ether oxygens (including phenoxy) is 1. The van der Waals surface area contributed by atoms with Crippen LogP contribution in [0.5, 0.6) is 0 Å². The zero-order valence-electron chi connectivity index (χ0n) is 14.9. The van der Waals surface area contributed by atoms with Crippen molar-refractivity contribution in [3.63, 3.8) is 0 Å². The average molecular weight is 398 g/mol. The molecule has 0 spiro atoms. The van der Waals surface area contributed by atoms with Gasteiger partial charge in [0.25, 0.3) is 5.91 Å². The van der Waals surface area contributed by atoms with Gasteiger partial charge in [0.2, 0.25) is 0 Å². The number of thiazole rings is 1. The Bertz CT molecular complexity index is 736. The number of halogens is 1. The molecule has 0 fully saturated rings. The third-order valence-corrected chi connectivity index (χ3v) is 4.66. The maximum absolute atomic E-state index is 12.2. The number of nitrogens with zero attached hydrogens (tertiary/aromatic N) is 1. The summed E-state index contributed by atoms with van der Waals surface area (Å²) in [6.45, 7) is 2.69. The summed E-state index contributed by atoms with van der Waals surface area (Å²) in [6, 6.07) is 7.94. The fraction of sp³-hybridized carbons (Fsp3) is 0.389. The Labute approximate surface area is 163 Å². The number of carbonyl (C=O) groups is 2. The average Bonchev–Trinajstić information content (AvgIpc) is 3.06. The number of aromatic nitrogens is 1. The van der Waals surface area contributed by atoms with Crippen LogP contribution in [-0.2, 0) is 22.4 Å². The third-order valence-electron chi connectivity index (χ3n) is 3.75. The Kier molecular flexibility index (Phi) is 9.26. The molecular weight excluding hydrogens is 374 g/mol. The summed E-state index contributed by atoms with van der Waals surface area (Å²) in [7, 11) is 1.35. The number of hydrogen-bond donors (Lipinski definition) is 2. The van der Waals surface area contributed by atoms with Crippen molar-refractivity contribution in [3.8, 4) is 0 Å². The van der Waals surface area contributed by atoms with Gasteiger partial charge in [0.15, 0.2) is 0 Å². The van der Waals surface area contributed by atoms with Crippen molar-refractivity contribution in [2.45, 2.75) is 19.8 Å². The van der Waals surface area contributed by atoms with Gasteiger partial charge in [0, 0.05) is 18.3 Å². The fourth-order valence-corrected chi connectivity index (χ4v) is 3.28. The Morgan fingerprint density at radius 3 is 2.81 bits per heavy atom. The Morgan fingerprint density at radius 2 is 2.15 bits per heavy atom. The molecular formula is C18H24ClN3O3S. The summed E-state index contributed by atoms with van der Waals surface area (Å²) in [5.74, 6) is -1.08. The first-order valence-corrected chi connectivity index (χ1v) is 8.97. The number of nitrogens with two attached hydrogens (primary N) is 1. The van der Waals surface area contributed by atoms with Gasteiger partial charge in [-0.15, -0.1) is 23.7 Å². The van der Waals surface area contributed by atoms with Crippen LogP contribution in [0.25, 0.3) is 0 Å². The molecule has 26 heavy (non-hydrogen) atoms. The molecule has 2 aromatic rings. The van der Waals surface area contributed by atoms with E-state index in [9.17, 15) is 9.59 Å².